The van der Waals surface area contributed by atoms with E-state index in [1.165, 1.54) is 17.0 Å². The summed E-state index contributed by atoms with van der Waals surface area (Å²) >= 11 is 0. The second-order valence-corrected chi connectivity index (χ2v) is 7.11. The van der Waals surface area contributed by atoms with E-state index in [4.69, 9.17) is 15.2 Å². The van der Waals surface area contributed by atoms with Crippen LogP contribution >= 0.6 is 0 Å². The van der Waals surface area contributed by atoms with Crippen molar-refractivity contribution in [1.82, 2.24) is 4.90 Å². The molecule has 2 amide bonds. The van der Waals surface area contributed by atoms with Gasteiger partial charge in [-0.05, 0) is 45.7 Å². The number of nitrogens with zero attached hydrogens (tertiary/aromatic N) is 2. The quantitative estimate of drug-likeness (QED) is 0.645. The van der Waals surface area contributed by atoms with Crippen LogP contribution in [0.1, 0.15) is 44.0 Å². The van der Waals surface area contributed by atoms with Gasteiger partial charge in [0.25, 0.3) is 0 Å². The van der Waals surface area contributed by atoms with Gasteiger partial charge in [0, 0.05) is 18.2 Å². The van der Waals surface area contributed by atoms with Crippen LogP contribution in [0.5, 0.6) is 5.75 Å². The molecule has 0 spiro atoms. The summed E-state index contributed by atoms with van der Waals surface area (Å²) in [6.07, 6.45) is 0.490. The van der Waals surface area contributed by atoms with E-state index in [-0.39, 0.29) is 23.5 Å². The monoisotopic (exact) mass is 365 g/mol. The summed E-state index contributed by atoms with van der Waals surface area (Å²) in [5, 5.41) is 11.3. The molecule has 0 bridgehead atoms. The molecule has 2 rings (SSSR count). The molecule has 0 radical (unpaired) electrons. The SMILES string of the molecule is CC(C)(C)OC(=O)N1CCCC(Oc2ccc(C(N)=O)cc2[N+](=O)[O-])C1. The third-order valence-corrected chi connectivity index (χ3v) is 3.76. The van der Waals surface area contributed by atoms with Gasteiger partial charge in [0.2, 0.25) is 5.91 Å². The third kappa shape index (κ3) is 5.08. The molecule has 9 heteroatoms. The molecule has 1 fully saturated rings. The normalized spacial score (nSPS) is 17.5. The zero-order valence-electron chi connectivity index (χ0n) is 15.1. The molecule has 142 valence electrons. The zero-order valence-corrected chi connectivity index (χ0v) is 15.1. The van der Waals surface area contributed by atoms with Gasteiger partial charge in [-0.2, -0.15) is 0 Å². The molecular weight excluding hydrogens is 342 g/mol. The van der Waals surface area contributed by atoms with Crippen molar-refractivity contribution in [3.63, 3.8) is 0 Å². The summed E-state index contributed by atoms with van der Waals surface area (Å²) in [4.78, 5) is 35.6. The zero-order chi connectivity index (χ0) is 19.5. The summed E-state index contributed by atoms with van der Waals surface area (Å²) in [7, 11) is 0. The van der Waals surface area contributed by atoms with Gasteiger partial charge in [-0.25, -0.2) is 4.79 Å². The maximum Gasteiger partial charge on any atom is 0.410 e. The minimum atomic E-state index is -0.756. The van der Waals surface area contributed by atoms with Gasteiger partial charge in [0.1, 0.15) is 11.7 Å². The van der Waals surface area contributed by atoms with Crippen molar-refractivity contribution < 1.29 is 24.0 Å². The number of primary amides is 1. The van der Waals surface area contributed by atoms with Gasteiger partial charge in [-0.3, -0.25) is 14.9 Å². The Balaban J connectivity index is 2.12. The highest BCUT2D eigenvalue weighted by molar-refractivity contribution is 5.93. The average molecular weight is 365 g/mol. The lowest BCUT2D eigenvalue weighted by molar-refractivity contribution is -0.386. The lowest BCUT2D eigenvalue weighted by atomic mass is 10.1. The van der Waals surface area contributed by atoms with E-state index in [0.29, 0.717) is 19.4 Å². The molecule has 2 N–H and O–H groups in total. The average Bonchev–Trinajstić information content (AvgIpc) is 2.53. The van der Waals surface area contributed by atoms with Crippen molar-refractivity contribution in [3.05, 3.63) is 33.9 Å². The van der Waals surface area contributed by atoms with Crippen molar-refractivity contribution >= 4 is 17.7 Å². The van der Waals surface area contributed by atoms with E-state index in [1.807, 2.05) is 0 Å². The number of rotatable bonds is 4. The fourth-order valence-electron chi connectivity index (χ4n) is 2.62. The van der Waals surface area contributed by atoms with Gasteiger partial charge in [0.15, 0.2) is 5.75 Å². The summed E-state index contributed by atoms with van der Waals surface area (Å²) < 4.78 is 11.1. The highest BCUT2D eigenvalue weighted by Gasteiger charge is 2.30. The van der Waals surface area contributed by atoms with Crippen molar-refractivity contribution in [3.8, 4) is 5.75 Å². The summed E-state index contributed by atoms with van der Waals surface area (Å²) in [6.45, 7) is 6.16. The lowest BCUT2D eigenvalue weighted by Crippen LogP contribution is -2.46. The Morgan fingerprint density at radius 1 is 1.35 bits per heavy atom. The molecule has 9 nitrogen and oxygen atoms in total. The number of hydrogen-bond acceptors (Lipinski definition) is 6. The molecule has 26 heavy (non-hydrogen) atoms. The van der Waals surface area contributed by atoms with Crippen LogP contribution in [0.15, 0.2) is 18.2 Å². The third-order valence-electron chi connectivity index (χ3n) is 3.76. The second-order valence-electron chi connectivity index (χ2n) is 7.11. The molecule has 1 aliphatic heterocycles. The largest absolute Gasteiger partial charge is 0.482 e. The summed E-state index contributed by atoms with van der Waals surface area (Å²) in [5.74, 6) is -0.718. The van der Waals surface area contributed by atoms with Crippen LogP contribution in [-0.2, 0) is 4.74 Å². The van der Waals surface area contributed by atoms with Crippen LogP contribution in [0.25, 0.3) is 0 Å². The summed E-state index contributed by atoms with van der Waals surface area (Å²) in [5.41, 5.74) is 4.25. The lowest BCUT2D eigenvalue weighted by Gasteiger charge is -2.34. The predicted octanol–water partition coefficient (Wildman–Crippen LogP) is 2.47. The number of hydrogen-bond donors (Lipinski definition) is 1. The number of piperidine rings is 1. The molecule has 1 aromatic rings. The minimum absolute atomic E-state index is 0.0306. The van der Waals surface area contributed by atoms with Crippen LogP contribution in [0.4, 0.5) is 10.5 Å². The molecule has 0 saturated carbocycles. The highest BCUT2D eigenvalue weighted by atomic mass is 16.6. The van der Waals surface area contributed by atoms with Crippen LogP contribution in [0.3, 0.4) is 0 Å². The summed E-state index contributed by atoms with van der Waals surface area (Å²) in [6, 6.07) is 3.82. The number of carbonyl (C=O) groups excluding carboxylic acids is 2. The van der Waals surface area contributed by atoms with E-state index >= 15 is 0 Å². The molecule has 1 aliphatic rings. The molecule has 1 saturated heterocycles. The van der Waals surface area contributed by atoms with Gasteiger partial charge in [0.05, 0.1) is 11.5 Å². The maximum absolute atomic E-state index is 12.2. The molecule has 0 aromatic heterocycles. The number of amides is 2. The number of carbonyl (C=O) groups is 2. The van der Waals surface area contributed by atoms with Gasteiger partial charge < -0.3 is 20.1 Å². The molecule has 1 heterocycles. The molecule has 1 aromatic carbocycles. The van der Waals surface area contributed by atoms with Crippen molar-refractivity contribution in [2.24, 2.45) is 5.73 Å². The fourth-order valence-corrected chi connectivity index (χ4v) is 2.62. The first kappa shape index (κ1) is 19.5. The van der Waals surface area contributed by atoms with Gasteiger partial charge in [-0.1, -0.05) is 0 Å². The smallest absolute Gasteiger partial charge is 0.410 e. The number of nitrogens with two attached hydrogens (primary N) is 1. The second kappa shape index (κ2) is 7.59. The Labute approximate surface area is 151 Å². The van der Waals surface area contributed by atoms with Crippen LogP contribution in [-0.4, -0.2) is 46.6 Å². The molecule has 1 unspecified atom stereocenters. The molecule has 1 atom stereocenters. The predicted molar refractivity (Wildman–Crippen MR) is 93.1 cm³/mol. The van der Waals surface area contributed by atoms with Crippen molar-refractivity contribution in [2.75, 3.05) is 13.1 Å². The standard InChI is InChI=1S/C17H23N3O6/c1-17(2,3)26-16(22)19-8-4-5-12(10-19)25-14-7-6-11(15(18)21)9-13(14)20(23)24/h6-7,9,12H,4-5,8,10H2,1-3H3,(H2,18,21). The fraction of sp³-hybridized carbons (Fsp3) is 0.529. The van der Waals surface area contributed by atoms with Crippen LogP contribution < -0.4 is 10.5 Å². The number of nitro groups is 1. The topological polar surface area (TPSA) is 125 Å². The van der Waals surface area contributed by atoms with E-state index in [9.17, 15) is 19.7 Å². The number of benzene rings is 1. The number of nitro benzene ring substituents is 1. The van der Waals surface area contributed by atoms with E-state index in [0.717, 1.165) is 6.07 Å². The van der Waals surface area contributed by atoms with Crippen LogP contribution in [0, 0.1) is 10.1 Å². The Hall–Kier alpha value is -2.84. The maximum atomic E-state index is 12.2. The van der Waals surface area contributed by atoms with E-state index in [1.54, 1.807) is 20.8 Å². The first-order chi connectivity index (χ1) is 12.1. The molecular formula is C17H23N3O6. The van der Waals surface area contributed by atoms with Gasteiger partial charge >= 0.3 is 11.8 Å². The van der Waals surface area contributed by atoms with E-state index < -0.39 is 28.6 Å². The van der Waals surface area contributed by atoms with Crippen molar-refractivity contribution in [2.45, 2.75) is 45.3 Å². The van der Waals surface area contributed by atoms with Crippen molar-refractivity contribution in [1.29, 1.82) is 0 Å². The van der Waals surface area contributed by atoms with E-state index in [2.05, 4.69) is 0 Å². The first-order valence-electron chi connectivity index (χ1n) is 8.29. The molecule has 0 aliphatic carbocycles. The Kier molecular flexibility index (Phi) is 5.69. The van der Waals surface area contributed by atoms with Gasteiger partial charge in [-0.15, -0.1) is 0 Å². The van der Waals surface area contributed by atoms with Crippen LogP contribution in [0.2, 0.25) is 0 Å². The Morgan fingerprint density at radius 3 is 2.62 bits per heavy atom. The number of likely N-dealkylation sites (tertiary alicyclic amines) is 1. The Morgan fingerprint density at radius 2 is 2.04 bits per heavy atom. The first-order valence-corrected chi connectivity index (χ1v) is 8.29. The number of ether oxygens (including phenoxy) is 2. The Bertz CT molecular complexity index is 713. The highest BCUT2D eigenvalue weighted by Crippen LogP contribution is 2.30. The minimum Gasteiger partial charge on any atom is -0.482 e.